The minimum atomic E-state index is -0.184. The second-order valence-electron chi connectivity index (χ2n) is 8.44. The molecule has 2 aliphatic rings. The highest BCUT2D eigenvalue weighted by Crippen LogP contribution is 2.36. The Balaban J connectivity index is 0.00000306. The summed E-state index contributed by atoms with van der Waals surface area (Å²) in [7, 11) is 1.64. The molecular formula is C25H32Cl2N4O2. The molecule has 2 aromatic rings. The molecule has 1 aliphatic heterocycles. The Hall–Kier alpha value is -2.28. The number of hydrazone groups is 1. The molecule has 0 spiro atoms. The van der Waals surface area contributed by atoms with Crippen molar-refractivity contribution in [1.82, 2.24) is 10.4 Å². The topological polar surface area (TPSA) is 66.0 Å². The number of halogens is 2. The van der Waals surface area contributed by atoms with Crippen LogP contribution in [-0.2, 0) is 11.2 Å². The molecular weight excluding hydrogens is 459 g/mol. The van der Waals surface area contributed by atoms with Crippen LogP contribution in [0.4, 0.5) is 5.69 Å². The molecule has 33 heavy (non-hydrogen) atoms. The van der Waals surface area contributed by atoms with Crippen LogP contribution < -0.4 is 15.6 Å². The van der Waals surface area contributed by atoms with Crippen molar-refractivity contribution in [1.29, 1.82) is 0 Å². The van der Waals surface area contributed by atoms with E-state index < -0.39 is 0 Å². The van der Waals surface area contributed by atoms with Crippen molar-refractivity contribution in [3.8, 4) is 5.75 Å². The van der Waals surface area contributed by atoms with Crippen LogP contribution in [-0.4, -0.2) is 36.8 Å². The van der Waals surface area contributed by atoms with E-state index in [4.69, 9.17) is 27.9 Å². The highest BCUT2D eigenvalue weighted by molar-refractivity contribution is 6.39. The monoisotopic (exact) mass is 490 g/mol. The number of nitrogens with one attached hydrogen (secondary N) is 2. The first-order valence-corrected chi connectivity index (χ1v) is 11.7. The van der Waals surface area contributed by atoms with Gasteiger partial charge in [0, 0.05) is 24.5 Å². The fourth-order valence-electron chi connectivity index (χ4n) is 4.52. The maximum Gasteiger partial charge on any atom is 0.281 e. The minimum absolute atomic E-state index is 0. The summed E-state index contributed by atoms with van der Waals surface area (Å²) in [5.74, 6) is 2.01. The number of hydrogen-bond acceptors (Lipinski definition) is 5. The Bertz CT molecular complexity index is 969. The van der Waals surface area contributed by atoms with Gasteiger partial charge in [-0.3, -0.25) is 15.6 Å². The zero-order valence-electron chi connectivity index (χ0n) is 18.1. The quantitative estimate of drug-likeness (QED) is 0.362. The third kappa shape index (κ3) is 6.62. The molecule has 4 rings (SSSR count). The van der Waals surface area contributed by atoms with Crippen LogP contribution in [0, 0.1) is 11.8 Å². The third-order valence-corrected chi connectivity index (χ3v) is 6.85. The minimum Gasteiger partial charge on any atom is -0.497 e. The van der Waals surface area contributed by atoms with E-state index in [0.29, 0.717) is 46.1 Å². The zero-order valence-corrected chi connectivity index (χ0v) is 19.6. The van der Waals surface area contributed by atoms with Gasteiger partial charge in [0.2, 0.25) is 0 Å². The highest BCUT2D eigenvalue weighted by atomic mass is 35.5. The van der Waals surface area contributed by atoms with Crippen LogP contribution in [0.2, 0.25) is 10.0 Å². The molecule has 2 N–H and O–H groups in total. The molecule has 1 aliphatic carbocycles. The lowest BCUT2D eigenvalue weighted by Gasteiger charge is -2.19. The Morgan fingerprint density at radius 2 is 1.82 bits per heavy atom. The van der Waals surface area contributed by atoms with E-state index in [1.807, 2.05) is 24.3 Å². The number of methoxy groups -OCH3 is 1. The molecule has 1 saturated heterocycles. The summed E-state index contributed by atoms with van der Waals surface area (Å²) in [6.45, 7) is 1.83. The summed E-state index contributed by atoms with van der Waals surface area (Å²) in [5.41, 5.74) is 8.13. The zero-order chi connectivity index (χ0) is 22.5. The van der Waals surface area contributed by atoms with E-state index in [0.717, 1.165) is 24.4 Å². The SMILES string of the molecule is C.COc1ccc(CC/C(=N\Nc2ccc(Cl)cc2Cl)C(=O)NN2CC3CCCC3C2)cc1. The summed E-state index contributed by atoms with van der Waals surface area (Å²) in [6, 6.07) is 12.9. The Morgan fingerprint density at radius 1 is 1.12 bits per heavy atom. The molecule has 2 aromatic carbocycles. The normalized spacial score (nSPS) is 20.2. The van der Waals surface area contributed by atoms with Gasteiger partial charge in [0.15, 0.2) is 0 Å². The van der Waals surface area contributed by atoms with E-state index in [2.05, 4.69) is 21.0 Å². The smallest absolute Gasteiger partial charge is 0.281 e. The summed E-state index contributed by atoms with van der Waals surface area (Å²) < 4.78 is 5.22. The standard InChI is InChI=1S/C24H28Cl2N4O2.CH4/c1-32-20-9-5-16(6-10-20)7-11-23(28-27-22-12-8-19(25)13-21(22)26)24(31)29-30-14-17-3-2-4-18(17)15-30;/h5-6,8-10,12-13,17-18,27H,2-4,7,11,14-15H2,1H3,(H,29,31);1H4/b28-23+;. The van der Waals surface area contributed by atoms with Gasteiger partial charge in [-0.15, -0.1) is 0 Å². The lowest BCUT2D eigenvalue weighted by molar-refractivity contribution is -0.119. The Labute approximate surface area is 206 Å². The fraction of sp³-hybridized carbons (Fsp3) is 0.440. The van der Waals surface area contributed by atoms with Crippen molar-refractivity contribution in [2.45, 2.75) is 39.5 Å². The molecule has 0 aromatic heterocycles. The van der Waals surface area contributed by atoms with Crippen molar-refractivity contribution in [2.75, 3.05) is 25.6 Å². The molecule has 2 fully saturated rings. The Morgan fingerprint density at radius 3 is 2.45 bits per heavy atom. The second-order valence-corrected chi connectivity index (χ2v) is 9.28. The number of hydrazine groups is 1. The first-order chi connectivity index (χ1) is 15.5. The first kappa shape index (κ1) is 25.3. The number of carbonyl (C=O) groups is 1. The summed E-state index contributed by atoms with van der Waals surface area (Å²) in [6.07, 6.45) is 4.98. The van der Waals surface area contributed by atoms with E-state index >= 15 is 0 Å². The summed E-state index contributed by atoms with van der Waals surface area (Å²) >= 11 is 12.2. The maximum absolute atomic E-state index is 13.1. The second kappa shape index (κ2) is 11.7. The number of carbonyl (C=O) groups excluding carboxylic acids is 1. The van der Waals surface area contributed by atoms with Crippen molar-refractivity contribution in [3.05, 3.63) is 58.1 Å². The van der Waals surface area contributed by atoms with Gasteiger partial charge in [-0.05, 0) is 67.0 Å². The number of hydrogen-bond donors (Lipinski definition) is 2. The highest BCUT2D eigenvalue weighted by Gasteiger charge is 2.36. The maximum atomic E-state index is 13.1. The number of nitrogens with zero attached hydrogens (tertiary/aromatic N) is 2. The van der Waals surface area contributed by atoms with Gasteiger partial charge in [0.05, 0.1) is 17.8 Å². The van der Waals surface area contributed by atoms with Crippen LogP contribution in [0.3, 0.4) is 0 Å². The van der Waals surface area contributed by atoms with Crippen LogP contribution in [0.25, 0.3) is 0 Å². The van der Waals surface area contributed by atoms with Crippen LogP contribution in [0.15, 0.2) is 47.6 Å². The van der Waals surface area contributed by atoms with Crippen molar-refractivity contribution >= 4 is 40.5 Å². The van der Waals surface area contributed by atoms with Gasteiger partial charge in [0.1, 0.15) is 11.5 Å². The van der Waals surface area contributed by atoms with Crippen molar-refractivity contribution in [3.63, 3.8) is 0 Å². The number of ether oxygens (including phenoxy) is 1. The van der Waals surface area contributed by atoms with Crippen molar-refractivity contribution < 1.29 is 9.53 Å². The fourth-order valence-corrected chi connectivity index (χ4v) is 4.97. The van der Waals surface area contributed by atoms with Crippen LogP contribution in [0.1, 0.15) is 38.7 Å². The van der Waals surface area contributed by atoms with Gasteiger partial charge in [-0.25, -0.2) is 5.01 Å². The van der Waals surface area contributed by atoms with E-state index in [-0.39, 0.29) is 13.3 Å². The molecule has 8 heteroatoms. The molecule has 2 atom stereocenters. The van der Waals surface area contributed by atoms with Crippen LogP contribution >= 0.6 is 23.2 Å². The number of aryl methyl sites for hydroxylation is 1. The number of fused-ring (bicyclic) bond motifs is 1. The number of rotatable bonds is 8. The average molecular weight is 491 g/mol. The molecule has 1 saturated carbocycles. The Kier molecular flexibility index (Phi) is 9.01. The van der Waals surface area contributed by atoms with Gasteiger partial charge >= 0.3 is 0 Å². The number of anilines is 1. The molecule has 0 radical (unpaired) electrons. The van der Waals surface area contributed by atoms with E-state index in [1.165, 1.54) is 19.3 Å². The molecule has 0 bridgehead atoms. The number of amides is 1. The van der Waals surface area contributed by atoms with Gasteiger partial charge in [-0.1, -0.05) is 49.2 Å². The summed E-state index contributed by atoms with van der Waals surface area (Å²) in [4.78, 5) is 13.1. The van der Waals surface area contributed by atoms with Gasteiger partial charge < -0.3 is 4.74 Å². The number of benzene rings is 2. The predicted molar refractivity (Wildman–Crippen MR) is 136 cm³/mol. The predicted octanol–water partition coefficient (Wildman–Crippen LogP) is 5.80. The van der Waals surface area contributed by atoms with Gasteiger partial charge in [0.25, 0.3) is 5.91 Å². The molecule has 1 amide bonds. The van der Waals surface area contributed by atoms with E-state index in [1.54, 1.807) is 25.3 Å². The lowest BCUT2D eigenvalue weighted by atomic mass is 10.0. The molecule has 2 unspecified atom stereocenters. The lowest BCUT2D eigenvalue weighted by Crippen LogP contribution is -2.44. The third-order valence-electron chi connectivity index (χ3n) is 6.30. The van der Waals surface area contributed by atoms with E-state index in [9.17, 15) is 4.79 Å². The summed E-state index contributed by atoms with van der Waals surface area (Å²) in [5, 5.41) is 7.46. The van der Waals surface area contributed by atoms with Gasteiger partial charge in [-0.2, -0.15) is 5.10 Å². The molecule has 6 nitrogen and oxygen atoms in total. The largest absolute Gasteiger partial charge is 0.497 e. The molecule has 1 heterocycles. The van der Waals surface area contributed by atoms with Crippen molar-refractivity contribution in [2.24, 2.45) is 16.9 Å². The molecule has 178 valence electrons. The average Bonchev–Trinajstić information content (AvgIpc) is 3.37. The first-order valence-electron chi connectivity index (χ1n) is 11.0. The van der Waals surface area contributed by atoms with Crippen LogP contribution in [0.5, 0.6) is 5.75 Å².